The maximum Gasteiger partial charge on any atom is 0.453 e. The van der Waals surface area contributed by atoms with Crippen LogP contribution < -0.4 is 0 Å². The summed E-state index contributed by atoms with van der Waals surface area (Å²) in [6.45, 7) is 6.36. The minimum Gasteiger partial charge on any atom is -0.505 e. The highest BCUT2D eigenvalue weighted by Gasteiger charge is 2.61. The van der Waals surface area contributed by atoms with Crippen molar-refractivity contribution in [1.82, 2.24) is 4.90 Å². The summed E-state index contributed by atoms with van der Waals surface area (Å²) >= 11 is 0. The molecule has 0 amide bonds. The Labute approximate surface area is 265 Å². The number of likely N-dealkylation sites (tertiary alicyclic amines) is 1. The van der Waals surface area contributed by atoms with Crippen LogP contribution in [-0.2, 0) is 6.42 Å². The second-order valence-electron chi connectivity index (χ2n) is 15.4. The topological polar surface area (TPSA) is 43.7 Å². The molecule has 3 nitrogen and oxygen atoms in total. The molecule has 5 rings (SSSR count). The number of alkyl halides is 5. The molecule has 4 aliphatic rings. The van der Waals surface area contributed by atoms with Crippen LogP contribution in [0, 0.1) is 29.0 Å². The number of halogens is 6. The fourth-order valence-corrected chi connectivity index (χ4v) is 9.95. The van der Waals surface area contributed by atoms with Crippen LogP contribution in [0.5, 0.6) is 5.75 Å². The van der Waals surface area contributed by atoms with Gasteiger partial charge in [-0.2, -0.15) is 22.0 Å². The van der Waals surface area contributed by atoms with Crippen molar-refractivity contribution < 1.29 is 36.6 Å². The number of hydrogen-bond acceptors (Lipinski definition) is 3. The summed E-state index contributed by atoms with van der Waals surface area (Å²) in [5.41, 5.74) is 1.35. The van der Waals surface area contributed by atoms with E-state index in [1.807, 2.05) is 6.92 Å². The Balaban J connectivity index is 1.09. The summed E-state index contributed by atoms with van der Waals surface area (Å²) < 4.78 is 77.8. The van der Waals surface area contributed by atoms with E-state index >= 15 is 0 Å². The van der Waals surface area contributed by atoms with Crippen molar-refractivity contribution in [2.24, 2.45) is 23.2 Å². The maximum atomic E-state index is 14.5. The number of phenolic OH excluding ortho intramolecular Hbond substituents is 1. The fraction of sp³-hybridized carbons (Fsp3) is 0.833. The molecule has 1 aromatic rings. The van der Waals surface area contributed by atoms with E-state index in [1.165, 1.54) is 0 Å². The van der Waals surface area contributed by atoms with E-state index in [9.17, 15) is 36.6 Å². The SMILES string of the molecule is C[C@]12CC[C@@H]3c4cc(F)c(O)cc4C[C@@H](CCCCCN4CCC[C@H]4CCCCCCC(F)(F)C(F)(F)F)[C@H]3[C@@H]1CC[C@@]2(C)O. The first-order chi connectivity index (χ1) is 21.1. The minimum absolute atomic E-state index is 0.105. The van der Waals surface area contributed by atoms with Gasteiger partial charge in [0.25, 0.3) is 0 Å². The van der Waals surface area contributed by atoms with Gasteiger partial charge in [0.1, 0.15) is 0 Å². The summed E-state index contributed by atoms with van der Waals surface area (Å²) in [6, 6.07) is 3.70. The van der Waals surface area contributed by atoms with E-state index in [1.54, 1.807) is 12.1 Å². The number of aromatic hydroxyl groups is 1. The summed E-state index contributed by atoms with van der Waals surface area (Å²) in [6.07, 6.45) is 7.45. The molecule has 45 heavy (non-hydrogen) atoms. The van der Waals surface area contributed by atoms with Crippen molar-refractivity contribution in [2.75, 3.05) is 13.1 Å². The van der Waals surface area contributed by atoms with Gasteiger partial charge < -0.3 is 15.1 Å². The van der Waals surface area contributed by atoms with Crippen LogP contribution in [0.15, 0.2) is 12.1 Å². The lowest BCUT2D eigenvalue weighted by molar-refractivity contribution is -0.284. The first-order valence-electron chi connectivity index (χ1n) is 17.6. The molecule has 1 aromatic carbocycles. The number of hydrogen-bond donors (Lipinski definition) is 2. The van der Waals surface area contributed by atoms with Crippen LogP contribution in [0.2, 0.25) is 0 Å². The molecule has 0 aromatic heterocycles. The molecule has 1 aliphatic heterocycles. The first-order valence-corrected chi connectivity index (χ1v) is 17.6. The van der Waals surface area contributed by atoms with Crippen LogP contribution in [0.25, 0.3) is 0 Å². The fourth-order valence-electron chi connectivity index (χ4n) is 9.95. The Morgan fingerprint density at radius 2 is 1.60 bits per heavy atom. The van der Waals surface area contributed by atoms with E-state index in [4.69, 9.17) is 0 Å². The molecule has 3 fully saturated rings. The molecule has 3 aliphatic carbocycles. The number of fused-ring (bicyclic) bond motifs is 5. The number of phenols is 1. The Morgan fingerprint density at radius 1 is 0.889 bits per heavy atom. The Bertz CT molecular complexity index is 1160. The normalized spacial score (nSPS) is 33.7. The number of nitrogens with zero attached hydrogens (tertiary/aromatic N) is 1. The Morgan fingerprint density at radius 3 is 2.36 bits per heavy atom. The highest BCUT2D eigenvalue weighted by Crippen LogP contribution is 2.65. The average molecular weight is 646 g/mol. The molecular formula is C36H53F6NO2. The van der Waals surface area contributed by atoms with Gasteiger partial charge in [-0.25, -0.2) is 4.39 Å². The van der Waals surface area contributed by atoms with E-state index in [-0.39, 0.29) is 23.5 Å². The third kappa shape index (κ3) is 7.19. The molecular weight excluding hydrogens is 592 g/mol. The van der Waals surface area contributed by atoms with Crippen LogP contribution in [0.4, 0.5) is 26.3 Å². The lowest BCUT2D eigenvalue weighted by Crippen LogP contribution is -2.51. The minimum atomic E-state index is -5.46. The molecule has 0 radical (unpaired) electrons. The second kappa shape index (κ2) is 13.6. The summed E-state index contributed by atoms with van der Waals surface area (Å²) in [5, 5.41) is 21.5. The molecule has 1 saturated heterocycles. The van der Waals surface area contributed by atoms with Gasteiger partial charge in [-0.15, -0.1) is 0 Å². The summed E-state index contributed by atoms with van der Waals surface area (Å²) in [5.74, 6) is -3.85. The monoisotopic (exact) mass is 645 g/mol. The van der Waals surface area contributed by atoms with Crippen molar-refractivity contribution in [3.8, 4) is 5.75 Å². The Hall–Kier alpha value is -1.48. The van der Waals surface area contributed by atoms with Gasteiger partial charge in [0.2, 0.25) is 0 Å². The largest absolute Gasteiger partial charge is 0.505 e. The third-order valence-corrected chi connectivity index (χ3v) is 12.7. The highest BCUT2D eigenvalue weighted by molar-refractivity contribution is 5.42. The lowest BCUT2D eigenvalue weighted by Gasteiger charge is -2.55. The van der Waals surface area contributed by atoms with Gasteiger partial charge >= 0.3 is 12.1 Å². The first kappa shape index (κ1) is 34.8. The zero-order valence-corrected chi connectivity index (χ0v) is 27.1. The smallest absolute Gasteiger partial charge is 0.453 e. The van der Waals surface area contributed by atoms with Gasteiger partial charge in [-0.05, 0) is 143 Å². The predicted molar refractivity (Wildman–Crippen MR) is 164 cm³/mol. The molecule has 2 saturated carbocycles. The molecule has 7 atom stereocenters. The summed E-state index contributed by atoms with van der Waals surface area (Å²) in [7, 11) is 0. The second-order valence-corrected chi connectivity index (χ2v) is 15.4. The van der Waals surface area contributed by atoms with Crippen LogP contribution in [0.3, 0.4) is 0 Å². The average Bonchev–Trinajstić information content (AvgIpc) is 3.51. The van der Waals surface area contributed by atoms with Gasteiger partial charge in [-0.1, -0.05) is 39.0 Å². The zero-order chi connectivity index (χ0) is 32.6. The quantitative estimate of drug-likeness (QED) is 0.166. The molecule has 2 N–H and O–H groups in total. The Kier molecular flexibility index (Phi) is 10.5. The lowest BCUT2D eigenvalue weighted by atomic mass is 9.50. The van der Waals surface area contributed by atoms with E-state index in [0.717, 1.165) is 108 Å². The van der Waals surface area contributed by atoms with Crippen LogP contribution in [0.1, 0.15) is 134 Å². The van der Waals surface area contributed by atoms with Crippen molar-refractivity contribution in [2.45, 2.75) is 153 Å². The summed E-state index contributed by atoms with van der Waals surface area (Å²) in [4.78, 5) is 2.54. The maximum absolute atomic E-state index is 14.5. The van der Waals surface area contributed by atoms with Gasteiger partial charge in [-0.3, -0.25) is 0 Å². The van der Waals surface area contributed by atoms with Gasteiger partial charge in [0.05, 0.1) is 5.60 Å². The van der Waals surface area contributed by atoms with Gasteiger partial charge in [0.15, 0.2) is 11.6 Å². The van der Waals surface area contributed by atoms with Crippen molar-refractivity contribution >= 4 is 0 Å². The molecule has 256 valence electrons. The van der Waals surface area contributed by atoms with E-state index in [0.29, 0.717) is 36.6 Å². The highest BCUT2D eigenvalue weighted by atomic mass is 19.4. The van der Waals surface area contributed by atoms with Crippen molar-refractivity contribution in [3.05, 3.63) is 29.1 Å². The van der Waals surface area contributed by atoms with Crippen LogP contribution >= 0.6 is 0 Å². The molecule has 1 heterocycles. The zero-order valence-electron chi connectivity index (χ0n) is 27.1. The third-order valence-electron chi connectivity index (χ3n) is 12.7. The standard InChI is InChI=1S/C36H53F6NO2/c1-33-17-14-27-28-23-30(37)31(44)22-25(28)21-24(32(27)29(33)15-18-34(33,2)45)11-6-5-9-19-43-20-10-13-26(43)12-7-3-4-8-16-35(38,39)36(40,41)42/h22-24,26-27,29,32,44-45H,3-21H2,1-2H3/t24-,26-,27-,29+,32-,33+,34-/m1/s1. The predicted octanol–water partition coefficient (Wildman–Crippen LogP) is 9.93. The van der Waals surface area contributed by atoms with E-state index in [2.05, 4.69) is 11.8 Å². The molecule has 9 heteroatoms. The number of rotatable bonds is 13. The molecule has 0 unspecified atom stereocenters. The van der Waals surface area contributed by atoms with Crippen molar-refractivity contribution in [1.29, 1.82) is 0 Å². The molecule has 0 bridgehead atoms. The van der Waals surface area contributed by atoms with Crippen LogP contribution in [-0.4, -0.2) is 51.9 Å². The number of benzene rings is 1. The van der Waals surface area contributed by atoms with E-state index < -0.39 is 29.9 Å². The van der Waals surface area contributed by atoms with Gasteiger partial charge in [0, 0.05) is 12.5 Å². The molecule has 0 spiro atoms. The van der Waals surface area contributed by atoms with Crippen molar-refractivity contribution in [3.63, 3.8) is 0 Å². The number of unbranched alkanes of at least 4 members (excludes halogenated alkanes) is 5. The number of aliphatic hydroxyl groups is 1.